The molecule has 0 aromatic heterocycles. The van der Waals surface area contributed by atoms with E-state index in [9.17, 15) is 0 Å². The third-order valence-corrected chi connectivity index (χ3v) is 3.49. The van der Waals surface area contributed by atoms with Crippen molar-refractivity contribution in [3.63, 3.8) is 0 Å². The summed E-state index contributed by atoms with van der Waals surface area (Å²) in [5.74, 6) is 0.766. The highest BCUT2D eigenvalue weighted by molar-refractivity contribution is 5.01. The summed E-state index contributed by atoms with van der Waals surface area (Å²) in [7, 11) is 0. The van der Waals surface area contributed by atoms with Crippen LogP contribution in [0.15, 0.2) is 12.3 Å². The predicted octanol–water partition coefficient (Wildman–Crippen LogP) is 2.41. The lowest BCUT2D eigenvalue weighted by molar-refractivity contribution is 0.0471. The van der Waals surface area contributed by atoms with Crippen molar-refractivity contribution in [1.29, 1.82) is 0 Å². The van der Waals surface area contributed by atoms with Crippen LogP contribution in [0.3, 0.4) is 0 Å². The van der Waals surface area contributed by atoms with Crippen LogP contribution in [0.2, 0.25) is 0 Å². The molecule has 0 N–H and O–H groups in total. The van der Waals surface area contributed by atoms with E-state index in [0.717, 1.165) is 32.2 Å². The van der Waals surface area contributed by atoms with Gasteiger partial charge in [0.25, 0.3) is 0 Å². The average molecular weight is 195 g/mol. The van der Waals surface area contributed by atoms with Crippen LogP contribution in [0.4, 0.5) is 0 Å². The van der Waals surface area contributed by atoms with E-state index in [1.54, 1.807) is 0 Å². The second-order valence-electron chi connectivity index (χ2n) is 4.43. The fourth-order valence-electron chi connectivity index (χ4n) is 2.54. The first-order chi connectivity index (χ1) is 6.88. The second-order valence-corrected chi connectivity index (χ2v) is 4.43. The molecule has 0 aromatic rings. The van der Waals surface area contributed by atoms with Gasteiger partial charge in [0.2, 0.25) is 0 Å². The van der Waals surface area contributed by atoms with E-state index in [1.807, 2.05) is 0 Å². The first kappa shape index (κ1) is 10.0. The maximum atomic E-state index is 5.35. The Kier molecular flexibility index (Phi) is 3.46. The van der Waals surface area contributed by atoms with Gasteiger partial charge >= 0.3 is 0 Å². The minimum atomic E-state index is 0.766. The van der Waals surface area contributed by atoms with Gasteiger partial charge in [0.05, 0.1) is 13.2 Å². The molecular weight excluding hydrogens is 174 g/mol. The van der Waals surface area contributed by atoms with Gasteiger partial charge in [0.15, 0.2) is 0 Å². The summed E-state index contributed by atoms with van der Waals surface area (Å²) in [6.45, 7) is 8.14. The van der Waals surface area contributed by atoms with Crippen LogP contribution in [0.5, 0.6) is 0 Å². The molecule has 0 atom stereocenters. The van der Waals surface area contributed by atoms with E-state index in [2.05, 4.69) is 11.5 Å². The predicted molar refractivity (Wildman–Crippen MR) is 58.1 cm³/mol. The molecule has 2 fully saturated rings. The van der Waals surface area contributed by atoms with Crippen LogP contribution in [-0.2, 0) is 4.74 Å². The number of rotatable bonds is 2. The minimum absolute atomic E-state index is 0.766. The summed E-state index contributed by atoms with van der Waals surface area (Å²) in [5, 5.41) is 0. The highest BCUT2D eigenvalue weighted by atomic mass is 16.5. The number of hydrogen-bond acceptors (Lipinski definition) is 2. The van der Waals surface area contributed by atoms with Crippen molar-refractivity contribution in [3.8, 4) is 0 Å². The lowest BCUT2D eigenvalue weighted by atomic mass is 9.86. The van der Waals surface area contributed by atoms with Crippen LogP contribution in [-0.4, -0.2) is 31.2 Å². The highest BCUT2D eigenvalue weighted by Crippen LogP contribution is 2.30. The van der Waals surface area contributed by atoms with Crippen molar-refractivity contribution >= 4 is 0 Å². The van der Waals surface area contributed by atoms with Gasteiger partial charge < -0.3 is 9.64 Å². The molecule has 2 heteroatoms. The normalized spacial score (nSPS) is 25.0. The van der Waals surface area contributed by atoms with E-state index in [0.29, 0.717) is 0 Å². The molecule has 2 nitrogen and oxygen atoms in total. The van der Waals surface area contributed by atoms with Crippen molar-refractivity contribution < 1.29 is 4.74 Å². The average Bonchev–Trinajstić information content (AvgIpc) is 2.30. The van der Waals surface area contributed by atoms with E-state index in [1.165, 1.54) is 37.8 Å². The van der Waals surface area contributed by atoms with Crippen molar-refractivity contribution in [1.82, 2.24) is 4.90 Å². The van der Waals surface area contributed by atoms with E-state index in [4.69, 9.17) is 4.74 Å². The summed E-state index contributed by atoms with van der Waals surface area (Å²) < 4.78 is 5.35. The Balaban J connectivity index is 1.85. The first-order valence-electron chi connectivity index (χ1n) is 5.89. The summed E-state index contributed by atoms with van der Waals surface area (Å²) in [6.07, 6.45) is 6.93. The molecular formula is C12H21NO. The van der Waals surface area contributed by atoms with Crippen LogP contribution < -0.4 is 0 Å². The molecule has 14 heavy (non-hydrogen) atoms. The van der Waals surface area contributed by atoms with Gasteiger partial charge in [-0.3, -0.25) is 0 Å². The van der Waals surface area contributed by atoms with Gasteiger partial charge in [-0.05, 0) is 18.8 Å². The number of allylic oxidation sites excluding steroid dienone is 1. The van der Waals surface area contributed by atoms with Gasteiger partial charge in [-0.15, -0.1) is 0 Å². The maximum absolute atomic E-state index is 5.35. The summed E-state index contributed by atoms with van der Waals surface area (Å²) >= 11 is 0. The van der Waals surface area contributed by atoms with Crippen LogP contribution in [0, 0.1) is 5.92 Å². The van der Waals surface area contributed by atoms with Gasteiger partial charge in [-0.25, -0.2) is 0 Å². The highest BCUT2D eigenvalue weighted by Gasteiger charge is 2.21. The van der Waals surface area contributed by atoms with Crippen molar-refractivity contribution in [2.24, 2.45) is 5.92 Å². The van der Waals surface area contributed by atoms with Crippen LogP contribution in [0.1, 0.15) is 32.1 Å². The minimum Gasteiger partial charge on any atom is -0.378 e. The fourth-order valence-corrected chi connectivity index (χ4v) is 2.54. The topological polar surface area (TPSA) is 12.5 Å². The number of ether oxygens (including phenoxy) is 1. The Morgan fingerprint density at radius 1 is 1.07 bits per heavy atom. The molecule has 1 aliphatic heterocycles. The number of morpholine rings is 1. The van der Waals surface area contributed by atoms with Crippen molar-refractivity contribution in [3.05, 3.63) is 12.3 Å². The fraction of sp³-hybridized carbons (Fsp3) is 0.833. The van der Waals surface area contributed by atoms with Gasteiger partial charge in [0.1, 0.15) is 0 Å². The SMILES string of the molecule is C=C(C1CCCCC1)N1CCOCC1. The van der Waals surface area contributed by atoms with Gasteiger partial charge in [-0.1, -0.05) is 25.8 Å². The van der Waals surface area contributed by atoms with Gasteiger partial charge in [-0.2, -0.15) is 0 Å². The number of hydrogen-bond donors (Lipinski definition) is 0. The molecule has 0 spiro atoms. The Labute approximate surface area is 86.9 Å². The summed E-state index contributed by atoms with van der Waals surface area (Å²) in [4.78, 5) is 2.43. The van der Waals surface area contributed by atoms with Crippen molar-refractivity contribution in [2.45, 2.75) is 32.1 Å². The van der Waals surface area contributed by atoms with E-state index >= 15 is 0 Å². The molecule has 2 aliphatic rings. The lowest BCUT2D eigenvalue weighted by Crippen LogP contribution is -2.37. The third-order valence-electron chi connectivity index (χ3n) is 3.49. The molecule has 0 aromatic carbocycles. The van der Waals surface area contributed by atoms with Crippen LogP contribution in [0.25, 0.3) is 0 Å². The molecule has 1 heterocycles. The smallest absolute Gasteiger partial charge is 0.0642 e. The monoisotopic (exact) mass is 195 g/mol. The summed E-state index contributed by atoms with van der Waals surface area (Å²) in [6, 6.07) is 0. The molecule has 80 valence electrons. The molecule has 0 unspecified atom stereocenters. The zero-order valence-corrected chi connectivity index (χ0v) is 9.00. The second kappa shape index (κ2) is 4.83. The zero-order valence-electron chi connectivity index (χ0n) is 9.00. The largest absolute Gasteiger partial charge is 0.378 e. The van der Waals surface area contributed by atoms with E-state index < -0.39 is 0 Å². The number of nitrogens with zero attached hydrogens (tertiary/aromatic N) is 1. The van der Waals surface area contributed by atoms with Crippen molar-refractivity contribution in [2.75, 3.05) is 26.3 Å². The standard InChI is InChI=1S/C12H21NO/c1-11(12-5-3-2-4-6-12)13-7-9-14-10-8-13/h12H,1-10H2. The lowest BCUT2D eigenvalue weighted by Gasteiger charge is -2.35. The molecule has 0 amide bonds. The summed E-state index contributed by atoms with van der Waals surface area (Å²) in [5.41, 5.74) is 1.38. The molecule has 1 saturated heterocycles. The Morgan fingerprint density at radius 3 is 2.36 bits per heavy atom. The quantitative estimate of drug-likeness (QED) is 0.671. The molecule has 0 radical (unpaired) electrons. The third kappa shape index (κ3) is 2.30. The maximum Gasteiger partial charge on any atom is 0.0642 e. The molecule has 2 rings (SSSR count). The molecule has 0 bridgehead atoms. The van der Waals surface area contributed by atoms with Gasteiger partial charge in [0, 0.05) is 18.8 Å². The Hall–Kier alpha value is -0.500. The molecule has 1 aliphatic carbocycles. The van der Waals surface area contributed by atoms with E-state index in [-0.39, 0.29) is 0 Å². The Bertz CT molecular complexity index is 170. The first-order valence-corrected chi connectivity index (χ1v) is 5.89. The zero-order chi connectivity index (χ0) is 9.80. The van der Waals surface area contributed by atoms with Crippen LogP contribution >= 0.6 is 0 Å². The molecule has 1 saturated carbocycles. The Morgan fingerprint density at radius 2 is 1.71 bits per heavy atom.